The number of quaternary nitrogens is 1. The first kappa shape index (κ1) is 17.6. The fraction of sp³-hybridized carbons (Fsp3) is 0.526. The van der Waals surface area contributed by atoms with Crippen molar-refractivity contribution in [3.8, 4) is 0 Å². The van der Waals surface area contributed by atoms with E-state index in [0.29, 0.717) is 6.61 Å². The molecule has 138 valence electrons. The van der Waals surface area contributed by atoms with Crippen molar-refractivity contribution < 1.29 is 9.64 Å². The van der Waals surface area contributed by atoms with Crippen molar-refractivity contribution >= 4 is 37.6 Å². The molecular weight excluding hydrogens is 346 g/mol. The van der Waals surface area contributed by atoms with Crippen LogP contribution < -0.4 is 10.2 Å². The van der Waals surface area contributed by atoms with Gasteiger partial charge in [-0.25, -0.2) is 15.0 Å². The second kappa shape index (κ2) is 6.40. The fourth-order valence-corrected chi connectivity index (χ4v) is 4.40. The molecule has 0 saturated carbocycles. The molecule has 0 radical (unpaired) electrons. The summed E-state index contributed by atoms with van der Waals surface area (Å²) in [6, 6.07) is 2.21. The molecule has 0 aromatic carbocycles. The number of aryl methyl sites for hydroxylation is 1. The third-order valence-electron chi connectivity index (χ3n) is 4.72. The molecule has 0 spiro atoms. The largest absolute Gasteiger partial charge is 0.370 e. The summed E-state index contributed by atoms with van der Waals surface area (Å²) in [7, 11) is 4.31. The van der Waals surface area contributed by atoms with E-state index in [9.17, 15) is 0 Å². The van der Waals surface area contributed by atoms with Crippen LogP contribution in [0.5, 0.6) is 0 Å². The number of anilines is 1. The fourth-order valence-electron chi connectivity index (χ4n) is 3.32. The monoisotopic (exact) mass is 372 g/mol. The van der Waals surface area contributed by atoms with Gasteiger partial charge in [0.25, 0.3) is 0 Å². The van der Waals surface area contributed by atoms with Gasteiger partial charge in [0.2, 0.25) is 0 Å². The van der Waals surface area contributed by atoms with E-state index in [1.165, 1.54) is 10.5 Å². The second-order valence-electron chi connectivity index (χ2n) is 7.96. The summed E-state index contributed by atoms with van der Waals surface area (Å²) in [5.41, 5.74) is 3.17. The first-order chi connectivity index (χ1) is 12.3. The Bertz CT molecular complexity index is 979. The minimum atomic E-state index is -0.151. The molecule has 0 bridgehead atoms. The Hall–Kier alpha value is -1.83. The van der Waals surface area contributed by atoms with E-state index in [1.54, 1.807) is 11.3 Å². The smallest absolute Gasteiger partial charge is 0.148 e. The molecule has 0 saturated heterocycles. The number of likely N-dealkylation sites (N-methyl/N-ethyl adjacent to an activating group) is 1. The number of nitrogens with zero attached hydrogens (tertiary/aromatic N) is 3. The Morgan fingerprint density at radius 1 is 1.27 bits per heavy atom. The molecule has 1 aliphatic rings. The maximum Gasteiger partial charge on any atom is 0.148 e. The van der Waals surface area contributed by atoms with Crippen molar-refractivity contribution in [2.75, 3.05) is 32.5 Å². The van der Waals surface area contributed by atoms with Gasteiger partial charge in [-0.1, -0.05) is 0 Å². The lowest BCUT2D eigenvalue weighted by Crippen LogP contribution is -3.06. The number of hydrogen-bond acceptors (Lipinski definition) is 6. The number of fused-ring (bicyclic) bond motifs is 4. The maximum absolute atomic E-state index is 5.97. The summed E-state index contributed by atoms with van der Waals surface area (Å²) in [5, 5.41) is 4.60. The average Bonchev–Trinajstić information content (AvgIpc) is 2.89. The van der Waals surface area contributed by atoms with Gasteiger partial charge >= 0.3 is 0 Å². The lowest BCUT2D eigenvalue weighted by atomic mass is 9.95. The molecule has 3 aromatic heterocycles. The van der Waals surface area contributed by atoms with Crippen LogP contribution in [-0.2, 0) is 17.8 Å². The zero-order valence-electron chi connectivity index (χ0n) is 16.1. The molecule has 1 aliphatic heterocycles. The predicted molar refractivity (Wildman–Crippen MR) is 106 cm³/mol. The molecule has 7 heteroatoms. The van der Waals surface area contributed by atoms with Crippen LogP contribution in [0, 0.1) is 6.92 Å². The van der Waals surface area contributed by atoms with Crippen LogP contribution in [-0.4, -0.2) is 47.7 Å². The van der Waals surface area contributed by atoms with Gasteiger partial charge in [-0.15, -0.1) is 11.3 Å². The molecule has 0 unspecified atom stereocenters. The van der Waals surface area contributed by atoms with Crippen LogP contribution in [0.1, 0.15) is 30.9 Å². The van der Waals surface area contributed by atoms with Crippen LogP contribution in [0.2, 0.25) is 0 Å². The number of hydrogen-bond donors (Lipinski definition) is 2. The van der Waals surface area contributed by atoms with Gasteiger partial charge < -0.3 is 15.0 Å². The molecular formula is C19H26N5OS+. The Labute approximate surface area is 157 Å². The topological polar surface area (TPSA) is 64.4 Å². The second-order valence-corrected chi connectivity index (χ2v) is 8.95. The van der Waals surface area contributed by atoms with Gasteiger partial charge in [0.1, 0.15) is 16.5 Å². The number of aromatic nitrogens is 3. The van der Waals surface area contributed by atoms with E-state index >= 15 is 0 Å². The van der Waals surface area contributed by atoms with Crippen molar-refractivity contribution in [3.63, 3.8) is 0 Å². The highest BCUT2D eigenvalue weighted by molar-refractivity contribution is 7.25. The van der Waals surface area contributed by atoms with E-state index < -0.39 is 0 Å². The Morgan fingerprint density at radius 3 is 2.85 bits per heavy atom. The zero-order chi connectivity index (χ0) is 18.5. The van der Waals surface area contributed by atoms with Gasteiger partial charge in [0.15, 0.2) is 0 Å². The first-order valence-corrected chi connectivity index (χ1v) is 9.90. The van der Waals surface area contributed by atoms with Gasteiger partial charge in [-0.3, -0.25) is 0 Å². The van der Waals surface area contributed by atoms with E-state index in [-0.39, 0.29) is 5.60 Å². The minimum absolute atomic E-state index is 0.151. The van der Waals surface area contributed by atoms with Crippen LogP contribution in [0.3, 0.4) is 0 Å². The van der Waals surface area contributed by atoms with Gasteiger partial charge in [-0.2, -0.15) is 0 Å². The Kier molecular flexibility index (Phi) is 4.33. The van der Waals surface area contributed by atoms with E-state index in [2.05, 4.69) is 44.3 Å². The lowest BCUT2D eigenvalue weighted by molar-refractivity contribution is -0.856. The molecule has 26 heavy (non-hydrogen) atoms. The van der Waals surface area contributed by atoms with Crippen molar-refractivity contribution in [1.29, 1.82) is 0 Å². The lowest BCUT2D eigenvalue weighted by Gasteiger charge is -2.30. The summed E-state index contributed by atoms with van der Waals surface area (Å²) in [6.07, 6.45) is 0.841. The Balaban J connectivity index is 1.81. The van der Waals surface area contributed by atoms with Crippen molar-refractivity contribution in [2.45, 2.75) is 39.4 Å². The summed E-state index contributed by atoms with van der Waals surface area (Å²) in [5.74, 6) is 1.71. The molecule has 0 aliphatic carbocycles. The third-order valence-corrected chi connectivity index (χ3v) is 5.81. The maximum atomic E-state index is 5.97. The molecule has 4 rings (SSSR count). The summed E-state index contributed by atoms with van der Waals surface area (Å²) in [6.45, 7) is 8.72. The average molecular weight is 373 g/mol. The van der Waals surface area contributed by atoms with Gasteiger partial charge in [0.05, 0.1) is 55.3 Å². The van der Waals surface area contributed by atoms with Crippen molar-refractivity contribution in [2.24, 2.45) is 0 Å². The number of rotatable bonds is 4. The number of ether oxygens (including phenoxy) is 1. The molecule has 0 fully saturated rings. The Morgan fingerprint density at radius 2 is 2.08 bits per heavy atom. The highest BCUT2D eigenvalue weighted by Crippen LogP contribution is 2.38. The van der Waals surface area contributed by atoms with Gasteiger partial charge in [0, 0.05) is 17.4 Å². The zero-order valence-corrected chi connectivity index (χ0v) is 16.9. The highest BCUT2D eigenvalue weighted by atomic mass is 32.1. The molecule has 3 aromatic rings. The van der Waals surface area contributed by atoms with Crippen LogP contribution in [0.15, 0.2) is 6.07 Å². The van der Waals surface area contributed by atoms with Crippen molar-refractivity contribution in [3.05, 3.63) is 23.1 Å². The molecule has 0 amide bonds. The van der Waals surface area contributed by atoms with Gasteiger partial charge in [-0.05, 0) is 26.8 Å². The predicted octanol–water partition coefficient (Wildman–Crippen LogP) is 1.96. The highest BCUT2D eigenvalue weighted by Gasteiger charge is 2.28. The molecule has 6 nitrogen and oxygen atoms in total. The number of pyridine rings is 1. The minimum Gasteiger partial charge on any atom is -0.370 e. The molecule has 4 heterocycles. The van der Waals surface area contributed by atoms with Crippen LogP contribution in [0.4, 0.5) is 5.82 Å². The summed E-state index contributed by atoms with van der Waals surface area (Å²) in [4.78, 5) is 16.8. The summed E-state index contributed by atoms with van der Waals surface area (Å²) >= 11 is 1.68. The van der Waals surface area contributed by atoms with E-state index in [1.807, 2.05) is 6.92 Å². The summed E-state index contributed by atoms with van der Waals surface area (Å²) < 4.78 is 7.06. The number of nitrogens with one attached hydrogen (secondary N) is 2. The molecule has 2 N–H and O–H groups in total. The quantitative estimate of drug-likeness (QED) is 0.733. The SMILES string of the molecule is Cc1nc(NCC[NH+](C)C)c2sc3nc4c(cc3c2n1)COC(C)(C)C4. The first-order valence-electron chi connectivity index (χ1n) is 9.09. The van der Waals surface area contributed by atoms with Crippen LogP contribution >= 0.6 is 11.3 Å². The third kappa shape index (κ3) is 3.26. The van der Waals surface area contributed by atoms with E-state index in [4.69, 9.17) is 14.7 Å². The van der Waals surface area contributed by atoms with E-state index in [0.717, 1.165) is 57.3 Å². The molecule has 0 atom stereocenters. The normalized spacial score (nSPS) is 16.4. The van der Waals surface area contributed by atoms with Crippen molar-refractivity contribution in [1.82, 2.24) is 15.0 Å². The standard InChI is InChI=1S/C19H25N5OS/c1-11-21-15-13-8-12-10-25-19(2,3)9-14(12)23-18(13)26-16(15)17(22-11)20-6-7-24(4)5/h8H,6-7,9-10H2,1-5H3,(H,20,21,22)/p+1. The van der Waals surface area contributed by atoms with Crippen LogP contribution in [0.25, 0.3) is 20.4 Å². The number of thiophene rings is 1.